The van der Waals surface area contributed by atoms with Gasteiger partial charge in [0.15, 0.2) is 0 Å². The van der Waals surface area contributed by atoms with Crippen LogP contribution in [0.5, 0.6) is 0 Å². The standard InChI is InChI=1S/C10H14O2/c1-6-3-4-7-8(5-6)10(7,2)9(11)12/h3,7-8H,4-5H2,1-2H3,(H,11,12). The molecular weight excluding hydrogens is 152 g/mol. The van der Waals surface area contributed by atoms with Crippen molar-refractivity contribution in [3.05, 3.63) is 11.6 Å². The lowest BCUT2D eigenvalue weighted by atomic mass is 10.0. The lowest BCUT2D eigenvalue weighted by molar-refractivity contribution is -0.143. The molecule has 0 saturated heterocycles. The molecule has 3 unspecified atom stereocenters. The van der Waals surface area contributed by atoms with Crippen LogP contribution in [0.2, 0.25) is 0 Å². The molecule has 2 heteroatoms. The van der Waals surface area contributed by atoms with Crippen LogP contribution in [0.1, 0.15) is 26.7 Å². The van der Waals surface area contributed by atoms with Crippen molar-refractivity contribution in [2.45, 2.75) is 26.7 Å². The first kappa shape index (κ1) is 7.84. The third-order valence-electron chi connectivity index (χ3n) is 3.64. The minimum absolute atomic E-state index is 0.408. The molecule has 2 nitrogen and oxygen atoms in total. The quantitative estimate of drug-likeness (QED) is 0.605. The van der Waals surface area contributed by atoms with Crippen LogP contribution in [0.3, 0.4) is 0 Å². The predicted molar refractivity (Wildman–Crippen MR) is 45.7 cm³/mol. The molecule has 0 radical (unpaired) electrons. The largest absolute Gasteiger partial charge is 0.481 e. The van der Waals surface area contributed by atoms with E-state index in [0.717, 1.165) is 12.8 Å². The smallest absolute Gasteiger partial charge is 0.309 e. The number of aliphatic carboxylic acids is 1. The summed E-state index contributed by atoms with van der Waals surface area (Å²) in [6.45, 7) is 3.98. The van der Waals surface area contributed by atoms with E-state index in [2.05, 4.69) is 13.0 Å². The summed E-state index contributed by atoms with van der Waals surface area (Å²) in [5.41, 5.74) is 0.954. The van der Waals surface area contributed by atoms with Gasteiger partial charge in [0, 0.05) is 0 Å². The van der Waals surface area contributed by atoms with Crippen LogP contribution in [0.4, 0.5) is 0 Å². The average Bonchev–Trinajstić information content (AvgIpc) is 2.58. The summed E-state index contributed by atoms with van der Waals surface area (Å²) in [6, 6.07) is 0. The molecule has 0 aromatic rings. The molecule has 1 fully saturated rings. The summed E-state index contributed by atoms with van der Waals surface area (Å²) in [5, 5.41) is 9.01. The lowest BCUT2D eigenvalue weighted by Gasteiger charge is -2.04. The zero-order valence-corrected chi connectivity index (χ0v) is 7.50. The van der Waals surface area contributed by atoms with E-state index in [1.165, 1.54) is 5.57 Å². The van der Waals surface area contributed by atoms with Gasteiger partial charge >= 0.3 is 5.97 Å². The van der Waals surface area contributed by atoms with Crippen molar-refractivity contribution in [3.63, 3.8) is 0 Å². The first-order chi connectivity index (χ1) is 5.56. The van der Waals surface area contributed by atoms with Gasteiger partial charge in [-0.25, -0.2) is 0 Å². The Morgan fingerprint density at radius 3 is 2.83 bits per heavy atom. The zero-order chi connectivity index (χ0) is 8.93. The van der Waals surface area contributed by atoms with Gasteiger partial charge in [-0.15, -0.1) is 0 Å². The maximum absolute atomic E-state index is 10.9. The number of fused-ring (bicyclic) bond motifs is 1. The second kappa shape index (κ2) is 2.12. The normalized spacial score (nSPS) is 44.7. The number of carbonyl (C=O) groups is 1. The van der Waals surface area contributed by atoms with Crippen molar-refractivity contribution >= 4 is 5.97 Å². The van der Waals surface area contributed by atoms with Gasteiger partial charge in [0.1, 0.15) is 0 Å². The molecule has 12 heavy (non-hydrogen) atoms. The fourth-order valence-corrected chi connectivity index (χ4v) is 2.54. The van der Waals surface area contributed by atoms with Gasteiger partial charge in [-0.05, 0) is 38.5 Å². The molecule has 0 heterocycles. The molecule has 0 aliphatic heterocycles. The van der Waals surface area contributed by atoms with Gasteiger partial charge in [0.2, 0.25) is 0 Å². The number of hydrogen-bond donors (Lipinski definition) is 1. The van der Waals surface area contributed by atoms with Crippen molar-refractivity contribution in [2.24, 2.45) is 17.3 Å². The van der Waals surface area contributed by atoms with Gasteiger partial charge in [-0.3, -0.25) is 4.79 Å². The second-order valence-corrected chi connectivity index (χ2v) is 4.29. The molecule has 0 spiro atoms. The Morgan fingerprint density at radius 2 is 2.33 bits per heavy atom. The van der Waals surface area contributed by atoms with E-state index in [-0.39, 0.29) is 0 Å². The molecule has 2 aliphatic rings. The van der Waals surface area contributed by atoms with E-state index in [1.54, 1.807) is 0 Å². The molecule has 1 N–H and O–H groups in total. The minimum atomic E-state index is -0.611. The fraction of sp³-hybridized carbons (Fsp3) is 0.700. The van der Waals surface area contributed by atoms with E-state index >= 15 is 0 Å². The highest BCUT2D eigenvalue weighted by molar-refractivity contribution is 5.79. The van der Waals surface area contributed by atoms with Crippen LogP contribution < -0.4 is 0 Å². The SMILES string of the molecule is CC1=CCC2C(C1)C2(C)C(=O)O. The zero-order valence-electron chi connectivity index (χ0n) is 7.50. The van der Waals surface area contributed by atoms with Crippen LogP contribution in [0, 0.1) is 17.3 Å². The van der Waals surface area contributed by atoms with Crippen LogP contribution >= 0.6 is 0 Å². The first-order valence-corrected chi connectivity index (χ1v) is 4.46. The number of carboxylic acid groups (broad SMARTS) is 1. The van der Waals surface area contributed by atoms with Gasteiger partial charge in [-0.1, -0.05) is 11.6 Å². The Morgan fingerprint density at radius 1 is 1.67 bits per heavy atom. The Kier molecular flexibility index (Phi) is 1.39. The summed E-state index contributed by atoms with van der Waals surface area (Å²) >= 11 is 0. The molecule has 3 atom stereocenters. The Hall–Kier alpha value is -0.790. The summed E-state index contributed by atoms with van der Waals surface area (Å²) < 4.78 is 0. The van der Waals surface area contributed by atoms with Gasteiger partial charge in [0.25, 0.3) is 0 Å². The number of hydrogen-bond acceptors (Lipinski definition) is 1. The van der Waals surface area contributed by atoms with Gasteiger partial charge < -0.3 is 5.11 Å². The van der Waals surface area contributed by atoms with E-state index < -0.39 is 11.4 Å². The van der Waals surface area contributed by atoms with Crippen LogP contribution in [0.15, 0.2) is 11.6 Å². The summed E-state index contributed by atoms with van der Waals surface area (Å²) in [6.07, 6.45) is 4.15. The summed E-state index contributed by atoms with van der Waals surface area (Å²) in [5.74, 6) is 0.222. The Bertz CT molecular complexity index is 267. The Labute approximate surface area is 72.3 Å². The first-order valence-electron chi connectivity index (χ1n) is 4.46. The summed E-state index contributed by atoms with van der Waals surface area (Å²) in [4.78, 5) is 10.9. The number of carboxylic acids is 1. The maximum atomic E-state index is 10.9. The van der Waals surface area contributed by atoms with E-state index in [0.29, 0.717) is 11.8 Å². The number of rotatable bonds is 1. The molecule has 0 aromatic heterocycles. The molecule has 66 valence electrons. The molecular formula is C10H14O2. The highest BCUT2D eigenvalue weighted by atomic mass is 16.4. The average molecular weight is 166 g/mol. The third kappa shape index (κ3) is 0.780. The minimum Gasteiger partial charge on any atom is -0.481 e. The molecule has 1 saturated carbocycles. The van der Waals surface area contributed by atoms with Crippen molar-refractivity contribution < 1.29 is 9.90 Å². The monoisotopic (exact) mass is 166 g/mol. The summed E-state index contributed by atoms with van der Waals surface area (Å²) in [7, 11) is 0. The lowest BCUT2D eigenvalue weighted by Crippen LogP contribution is -2.14. The Balaban J connectivity index is 2.17. The van der Waals surface area contributed by atoms with E-state index in [1.807, 2.05) is 6.92 Å². The second-order valence-electron chi connectivity index (χ2n) is 4.29. The molecule has 0 aromatic carbocycles. The predicted octanol–water partition coefficient (Wildman–Crippen LogP) is 2.06. The highest BCUT2D eigenvalue weighted by Gasteiger charge is 2.66. The van der Waals surface area contributed by atoms with E-state index in [4.69, 9.17) is 5.11 Å². The van der Waals surface area contributed by atoms with Crippen molar-refractivity contribution in [1.29, 1.82) is 0 Å². The topological polar surface area (TPSA) is 37.3 Å². The van der Waals surface area contributed by atoms with Crippen LogP contribution in [-0.4, -0.2) is 11.1 Å². The van der Waals surface area contributed by atoms with Crippen LogP contribution in [0.25, 0.3) is 0 Å². The highest BCUT2D eigenvalue weighted by Crippen LogP contribution is 2.64. The maximum Gasteiger partial charge on any atom is 0.309 e. The van der Waals surface area contributed by atoms with Gasteiger partial charge in [-0.2, -0.15) is 0 Å². The molecule has 0 bridgehead atoms. The van der Waals surface area contributed by atoms with Crippen LogP contribution in [-0.2, 0) is 4.79 Å². The molecule has 2 rings (SSSR count). The van der Waals surface area contributed by atoms with Crippen molar-refractivity contribution in [1.82, 2.24) is 0 Å². The molecule has 0 amide bonds. The van der Waals surface area contributed by atoms with Crippen molar-refractivity contribution in [3.8, 4) is 0 Å². The van der Waals surface area contributed by atoms with E-state index in [9.17, 15) is 4.79 Å². The van der Waals surface area contributed by atoms with Crippen molar-refractivity contribution in [2.75, 3.05) is 0 Å². The molecule has 2 aliphatic carbocycles. The number of allylic oxidation sites excluding steroid dienone is 2. The van der Waals surface area contributed by atoms with Gasteiger partial charge in [0.05, 0.1) is 5.41 Å². The third-order valence-corrected chi connectivity index (χ3v) is 3.64. The fourth-order valence-electron chi connectivity index (χ4n) is 2.54.